The van der Waals surface area contributed by atoms with Crippen LogP contribution < -0.4 is 19.8 Å². The highest BCUT2D eigenvalue weighted by Gasteiger charge is 2.03. The summed E-state index contributed by atoms with van der Waals surface area (Å²) in [7, 11) is 0. The first-order chi connectivity index (χ1) is 19.8. The standard InChI is InChI=1S/C36H62N4.2CH3/c1-3-5-7-9-15-19-27-37-35-23-31-39(32-24-35)29-21-17-13-11-12-14-18-22-30-40-33-25-36(26-34-40)38-28-20-16-10-8-6-4-2;;/h23-26,31-34H,3-22,27-30H2,1-2H3;2*1H3/q;2*-1/p+2. The largest absolute Gasteiger partial charge is 0.385 e. The zero-order valence-electron chi connectivity index (χ0n) is 28.5. The molecule has 4 heteroatoms. The third kappa shape index (κ3) is 21.6. The number of anilines is 2. The Morgan fingerprint density at radius 1 is 0.405 bits per heavy atom. The molecule has 0 radical (unpaired) electrons. The summed E-state index contributed by atoms with van der Waals surface area (Å²) in [4.78, 5) is 0. The van der Waals surface area contributed by atoms with Gasteiger partial charge in [-0.25, -0.2) is 9.13 Å². The first-order valence-electron chi connectivity index (χ1n) is 17.3. The number of unbranched alkanes of at least 4 members (excludes halogenated alkanes) is 17. The van der Waals surface area contributed by atoms with Crippen molar-refractivity contribution >= 4 is 11.4 Å². The molecule has 242 valence electrons. The Labute approximate surface area is 263 Å². The van der Waals surface area contributed by atoms with Crippen LogP contribution in [0, 0.1) is 14.9 Å². The number of hydrogen-bond acceptors (Lipinski definition) is 2. The normalized spacial score (nSPS) is 10.6. The lowest BCUT2D eigenvalue weighted by atomic mass is 10.1. The molecule has 0 bridgehead atoms. The minimum absolute atomic E-state index is 0. The maximum atomic E-state index is 3.58. The summed E-state index contributed by atoms with van der Waals surface area (Å²) < 4.78 is 4.68. The van der Waals surface area contributed by atoms with E-state index in [0.717, 1.165) is 26.2 Å². The highest BCUT2D eigenvalue weighted by atomic mass is 14.9. The Morgan fingerprint density at radius 2 is 0.690 bits per heavy atom. The van der Waals surface area contributed by atoms with E-state index in [0.29, 0.717) is 0 Å². The monoisotopic (exact) mass is 583 g/mol. The zero-order valence-corrected chi connectivity index (χ0v) is 28.5. The van der Waals surface area contributed by atoms with Gasteiger partial charge in [0.1, 0.15) is 13.1 Å². The lowest BCUT2D eigenvalue weighted by Gasteiger charge is -2.06. The second kappa shape index (κ2) is 29.0. The van der Waals surface area contributed by atoms with Gasteiger partial charge in [0.05, 0.1) is 0 Å². The molecule has 2 rings (SSSR count). The lowest BCUT2D eigenvalue weighted by molar-refractivity contribution is -0.697. The van der Waals surface area contributed by atoms with Gasteiger partial charge in [-0.3, -0.25) is 0 Å². The van der Waals surface area contributed by atoms with Crippen LogP contribution in [0.25, 0.3) is 0 Å². The Morgan fingerprint density at radius 3 is 1.02 bits per heavy atom. The maximum Gasteiger partial charge on any atom is 0.170 e. The Bertz CT molecular complexity index is 733. The van der Waals surface area contributed by atoms with E-state index in [4.69, 9.17) is 0 Å². The molecule has 0 amide bonds. The van der Waals surface area contributed by atoms with E-state index in [1.54, 1.807) is 0 Å². The molecule has 42 heavy (non-hydrogen) atoms. The van der Waals surface area contributed by atoms with Crippen molar-refractivity contribution in [1.82, 2.24) is 0 Å². The van der Waals surface area contributed by atoms with Crippen molar-refractivity contribution in [2.75, 3.05) is 23.7 Å². The third-order valence-electron chi connectivity index (χ3n) is 8.08. The van der Waals surface area contributed by atoms with Gasteiger partial charge in [0.25, 0.3) is 0 Å². The summed E-state index contributed by atoms with van der Waals surface area (Å²) in [5.74, 6) is 0. The fraction of sp³-hybridized carbons (Fsp3) is 0.684. The van der Waals surface area contributed by atoms with E-state index in [1.165, 1.54) is 140 Å². The molecule has 4 nitrogen and oxygen atoms in total. The van der Waals surface area contributed by atoms with Gasteiger partial charge in [-0.15, -0.1) is 0 Å². The lowest BCUT2D eigenvalue weighted by Crippen LogP contribution is -2.32. The number of hydrogen-bond donors (Lipinski definition) is 2. The fourth-order valence-electron chi connectivity index (χ4n) is 5.37. The second-order valence-corrected chi connectivity index (χ2v) is 11.9. The van der Waals surface area contributed by atoms with Crippen molar-refractivity contribution in [2.45, 2.75) is 155 Å². The van der Waals surface area contributed by atoms with Crippen molar-refractivity contribution in [3.05, 3.63) is 63.9 Å². The molecule has 0 spiro atoms. The van der Waals surface area contributed by atoms with Crippen molar-refractivity contribution in [3.63, 3.8) is 0 Å². The highest BCUT2D eigenvalue weighted by molar-refractivity contribution is 5.40. The van der Waals surface area contributed by atoms with Gasteiger partial charge >= 0.3 is 0 Å². The number of nitrogens with zero attached hydrogens (tertiary/aromatic N) is 2. The van der Waals surface area contributed by atoms with Crippen LogP contribution in [0.2, 0.25) is 0 Å². The first kappa shape index (κ1) is 39.9. The van der Waals surface area contributed by atoms with Gasteiger partial charge in [-0.05, 0) is 25.7 Å². The van der Waals surface area contributed by atoms with E-state index in [9.17, 15) is 0 Å². The number of aromatic nitrogens is 2. The Balaban J connectivity index is 0.00000840. The SMILES string of the molecule is CCCCCCCCNc1cc[n+](CCCCCCCCCC[n+]2ccc(NCCCCCCCC)cc2)cc1.[CH3-].[CH3-]. The van der Waals surface area contributed by atoms with Gasteiger partial charge in [0.2, 0.25) is 0 Å². The molecule has 0 unspecified atom stereocenters. The smallest absolute Gasteiger partial charge is 0.170 e. The molecule has 2 aromatic heterocycles. The Hall–Kier alpha value is -2.10. The molecule has 2 heterocycles. The average Bonchev–Trinajstić information content (AvgIpc) is 2.98. The van der Waals surface area contributed by atoms with E-state index >= 15 is 0 Å². The summed E-state index contributed by atoms with van der Waals surface area (Å²) in [6, 6.07) is 8.94. The summed E-state index contributed by atoms with van der Waals surface area (Å²) in [5.41, 5.74) is 2.52. The zero-order chi connectivity index (χ0) is 28.4. The van der Waals surface area contributed by atoms with Gasteiger partial charge in [0.15, 0.2) is 24.8 Å². The van der Waals surface area contributed by atoms with Crippen molar-refractivity contribution in [3.8, 4) is 0 Å². The van der Waals surface area contributed by atoms with Crippen LogP contribution in [0.4, 0.5) is 11.4 Å². The summed E-state index contributed by atoms with van der Waals surface area (Å²) in [6.07, 6.45) is 36.0. The molecule has 0 saturated heterocycles. The van der Waals surface area contributed by atoms with Crippen molar-refractivity contribution in [2.24, 2.45) is 0 Å². The number of aryl methyl sites for hydroxylation is 2. The minimum Gasteiger partial charge on any atom is -0.385 e. The quantitative estimate of drug-likeness (QED) is 0.0624. The number of nitrogens with one attached hydrogen (secondary N) is 2. The average molecular weight is 583 g/mol. The number of rotatable bonds is 27. The topological polar surface area (TPSA) is 31.8 Å². The molecule has 0 fully saturated rings. The van der Waals surface area contributed by atoms with Crippen LogP contribution in [-0.4, -0.2) is 13.1 Å². The van der Waals surface area contributed by atoms with Crippen LogP contribution in [0.15, 0.2) is 49.1 Å². The first-order valence-corrected chi connectivity index (χ1v) is 17.3. The molecule has 0 aromatic carbocycles. The highest BCUT2D eigenvalue weighted by Crippen LogP contribution is 2.11. The second-order valence-electron chi connectivity index (χ2n) is 11.9. The molecule has 0 aliphatic heterocycles. The fourth-order valence-corrected chi connectivity index (χ4v) is 5.37. The van der Waals surface area contributed by atoms with Crippen LogP contribution >= 0.6 is 0 Å². The van der Waals surface area contributed by atoms with Crippen molar-refractivity contribution in [1.29, 1.82) is 0 Å². The molecule has 0 saturated carbocycles. The van der Waals surface area contributed by atoms with Crippen LogP contribution in [-0.2, 0) is 13.1 Å². The molecule has 2 N–H and O–H groups in total. The molecule has 0 aliphatic carbocycles. The van der Waals surface area contributed by atoms with E-state index in [1.807, 2.05) is 0 Å². The molecule has 2 aromatic rings. The van der Waals surface area contributed by atoms with Gasteiger partial charge in [-0.1, -0.05) is 104 Å². The molecule has 0 atom stereocenters. The van der Waals surface area contributed by atoms with Gasteiger partial charge in [0, 0.05) is 61.6 Å². The van der Waals surface area contributed by atoms with Crippen LogP contribution in [0.3, 0.4) is 0 Å². The van der Waals surface area contributed by atoms with Gasteiger partial charge in [-0.2, -0.15) is 0 Å². The third-order valence-corrected chi connectivity index (χ3v) is 8.08. The van der Waals surface area contributed by atoms with Gasteiger partial charge < -0.3 is 25.5 Å². The minimum atomic E-state index is 0. The predicted molar refractivity (Wildman–Crippen MR) is 187 cm³/mol. The molecular weight excluding hydrogens is 512 g/mol. The van der Waals surface area contributed by atoms with E-state index in [2.05, 4.69) is 82.7 Å². The summed E-state index contributed by atoms with van der Waals surface area (Å²) in [5, 5.41) is 7.15. The predicted octanol–water partition coefficient (Wildman–Crippen LogP) is 10.5. The number of pyridine rings is 2. The molecular formula is C38H70N4. The summed E-state index contributed by atoms with van der Waals surface area (Å²) >= 11 is 0. The van der Waals surface area contributed by atoms with Crippen LogP contribution in [0.5, 0.6) is 0 Å². The Kier molecular flexibility index (Phi) is 27.5. The van der Waals surface area contributed by atoms with E-state index in [-0.39, 0.29) is 14.9 Å². The molecule has 0 aliphatic rings. The van der Waals surface area contributed by atoms with Crippen LogP contribution in [0.1, 0.15) is 142 Å². The van der Waals surface area contributed by atoms with E-state index < -0.39 is 0 Å². The summed E-state index contributed by atoms with van der Waals surface area (Å²) in [6.45, 7) is 9.03. The maximum absolute atomic E-state index is 3.58. The van der Waals surface area contributed by atoms with Crippen molar-refractivity contribution < 1.29 is 9.13 Å².